The molecule has 0 unspecified atom stereocenters. The Bertz CT molecular complexity index is 728. The zero-order valence-electron chi connectivity index (χ0n) is 13.9. The number of amides is 1. The van der Waals surface area contributed by atoms with Gasteiger partial charge in [-0.3, -0.25) is 9.48 Å². The van der Waals surface area contributed by atoms with E-state index in [9.17, 15) is 4.79 Å². The lowest BCUT2D eigenvalue weighted by molar-refractivity contribution is 0.0999. The maximum absolute atomic E-state index is 11.5. The number of aromatic nitrogens is 2. The summed E-state index contributed by atoms with van der Waals surface area (Å²) in [4.78, 5) is 13.8. The minimum Gasteiger partial charge on any atom is -0.399 e. The number of primary amides is 1. The number of nitrogens with two attached hydrogens (primary N) is 3. The maximum atomic E-state index is 11.5. The third-order valence-corrected chi connectivity index (χ3v) is 4.98. The number of nitrogen functional groups attached to an aromatic ring is 1. The van der Waals surface area contributed by atoms with E-state index in [0.29, 0.717) is 17.8 Å². The largest absolute Gasteiger partial charge is 0.399 e. The number of hydrogen-bond acceptors (Lipinski definition) is 5. The van der Waals surface area contributed by atoms with Gasteiger partial charge >= 0.3 is 0 Å². The van der Waals surface area contributed by atoms with E-state index in [1.165, 1.54) is 0 Å². The van der Waals surface area contributed by atoms with Crippen molar-refractivity contribution in [3.63, 3.8) is 0 Å². The lowest BCUT2D eigenvalue weighted by Gasteiger charge is -2.42. The van der Waals surface area contributed by atoms with Crippen molar-refractivity contribution in [2.75, 3.05) is 30.3 Å². The minimum atomic E-state index is -0.453. The summed E-state index contributed by atoms with van der Waals surface area (Å²) in [6, 6.07) is 7.90. The van der Waals surface area contributed by atoms with Gasteiger partial charge in [-0.25, -0.2) is 0 Å². The molecule has 2 aromatic rings. The van der Waals surface area contributed by atoms with E-state index < -0.39 is 5.91 Å². The topological polar surface area (TPSA) is 116 Å². The molecule has 0 radical (unpaired) electrons. The van der Waals surface area contributed by atoms with E-state index in [2.05, 4.69) is 10.00 Å². The first kappa shape index (κ1) is 16.3. The number of carbonyl (C=O) groups excluding carboxylic acids is 1. The quantitative estimate of drug-likeness (QED) is 0.719. The summed E-state index contributed by atoms with van der Waals surface area (Å²) in [5.74, 6) is -0.453. The van der Waals surface area contributed by atoms with Gasteiger partial charge in [0.1, 0.15) is 0 Å². The molecule has 0 aliphatic carbocycles. The van der Waals surface area contributed by atoms with Crippen LogP contribution >= 0.6 is 0 Å². The Morgan fingerprint density at radius 2 is 1.88 bits per heavy atom. The molecule has 6 N–H and O–H groups in total. The van der Waals surface area contributed by atoms with Gasteiger partial charge in [-0.2, -0.15) is 5.10 Å². The van der Waals surface area contributed by atoms with Crippen LogP contribution in [0.5, 0.6) is 0 Å². The van der Waals surface area contributed by atoms with Gasteiger partial charge in [0, 0.05) is 37.2 Å². The number of rotatable bonds is 4. The highest BCUT2D eigenvalue weighted by atomic mass is 16.1. The van der Waals surface area contributed by atoms with Crippen molar-refractivity contribution in [3.05, 3.63) is 41.7 Å². The van der Waals surface area contributed by atoms with Gasteiger partial charge in [0.25, 0.3) is 5.91 Å². The van der Waals surface area contributed by atoms with Crippen LogP contribution in [0.15, 0.2) is 30.5 Å². The average Bonchev–Trinajstić information content (AvgIpc) is 2.98. The van der Waals surface area contributed by atoms with E-state index in [1.807, 2.05) is 28.9 Å². The van der Waals surface area contributed by atoms with Crippen molar-refractivity contribution in [1.82, 2.24) is 9.78 Å². The molecular formula is C17H24N6O. The normalized spacial score (nSPS) is 17.0. The van der Waals surface area contributed by atoms with E-state index in [-0.39, 0.29) is 5.54 Å². The van der Waals surface area contributed by atoms with E-state index >= 15 is 0 Å². The first-order chi connectivity index (χ1) is 11.4. The van der Waals surface area contributed by atoms with Gasteiger partial charge in [0.2, 0.25) is 0 Å². The third kappa shape index (κ3) is 2.82. The molecule has 1 aliphatic rings. The van der Waals surface area contributed by atoms with Crippen LogP contribution < -0.4 is 22.1 Å². The summed E-state index contributed by atoms with van der Waals surface area (Å²) in [6.07, 6.45) is 3.45. The van der Waals surface area contributed by atoms with Crippen LogP contribution in [-0.2, 0) is 5.54 Å². The second-order valence-corrected chi connectivity index (χ2v) is 6.44. The molecule has 1 amide bonds. The lowest BCUT2D eigenvalue weighted by atomic mass is 9.87. The number of anilines is 2. The molecule has 0 bridgehead atoms. The summed E-state index contributed by atoms with van der Waals surface area (Å²) in [6.45, 7) is 4.00. The van der Waals surface area contributed by atoms with Crippen molar-refractivity contribution in [2.24, 2.45) is 11.5 Å². The van der Waals surface area contributed by atoms with Crippen molar-refractivity contribution >= 4 is 17.3 Å². The number of hydrogen-bond donors (Lipinski definition) is 3. The fourth-order valence-electron chi connectivity index (χ4n) is 3.34. The predicted molar refractivity (Wildman–Crippen MR) is 94.8 cm³/mol. The molecule has 7 heteroatoms. The number of nitrogens with zero attached hydrogens (tertiary/aromatic N) is 3. The first-order valence-corrected chi connectivity index (χ1v) is 8.12. The zero-order chi connectivity index (χ0) is 17.3. The van der Waals surface area contributed by atoms with Crippen LogP contribution in [-0.4, -0.2) is 35.3 Å². The molecule has 24 heavy (non-hydrogen) atoms. The molecule has 1 aromatic carbocycles. The fraction of sp³-hybridized carbons (Fsp3) is 0.412. The Hall–Kier alpha value is -2.54. The van der Waals surface area contributed by atoms with Crippen LogP contribution in [0.25, 0.3) is 0 Å². The van der Waals surface area contributed by atoms with Crippen molar-refractivity contribution < 1.29 is 4.79 Å². The van der Waals surface area contributed by atoms with Gasteiger partial charge in [-0.15, -0.1) is 0 Å². The van der Waals surface area contributed by atoms with Crippen LogP contribution in [0.1, 0.15) is 28.9 Å². The maximum Gasteiger partial charge on any atom is 0.252 e. The number of benzene rings is 1. The highest BCUT2D eigenvalue weighted by Crippen LogP contribution is 2.32. The standard InChI is InChI=1S/C17H24N6O/c1-12-15(16(20)24)10-23(21-12)17(11-18)6-8-22(9-7-17)14-4-2-13(19)3-5-14/h2-5,10H,6-9,11,18-19H2,1H3,(H2,20,24). The second kappa shape index (κ2) is 6.16. The highest BCUT2D eigenvalue weighted by Gasteiger charge is 2.36. The molecule has 128 valence electrons. The van der Waals surface area contributed by atoms with E-state index in [4.69, 9.17) is 17.2 Å². The molecule has 1 saturated heterocycles. The molecule has 1 aromatic heterocycles. The molecule has 1 fully saturated rings. The summed E-state index contributed by atoms with van der Waals surface area (Å²) in [5.41, 5.74) is 20.0. The Balaban J connectivity index is 1.80. The molecule has 2 heterocycles. The Morgan fingerprint density at radius 1 is 1.25 bits per heavy atom. The van der Waals surface area contributed by atoms with Gasteiger partial charge in [0.15, 0.2) is 0 Å². The van der Waals surface area contributed by atoms with Gasteiger partial charge < -0.3 is 22.1 Å². The molecule has 0 spiro atoms. The van der Waals surface area contributed by atoms with Gasteiger partial charge in [0.05, 0.1) is 16.8 Å². The first-order valence-electron chi connectivity index (χ1n) is 8.12. The predicted octanol–water partition coefficient (Wildman–Crippen LogP) is 0.827. The number of carbonyl (C=O) groups is 1. The van der Waals surface area contributed by atoms with Crippen LogP contribution in [0.3, 0.4) is 0 Å². The fourth-order valence-corrected chi connectivity index (χ4v) is 3.34. The van der Waals surface area contributed by atoms with Crippen molar-refractivity contribution in [3.8, 4) is 0 Å². The van der Waals surface area contributed by atoms with Gasteiger partial charge in [-0.05, 0) is 44.0 Å². The third-order valence-electron chi connectivity index (χ3n) is 4.98. The Morgan fingerprint density at radius 3 is 2.38 bits per heavy atom. The molecule has 7 nitrogen and oxygen atoms in total. The van der Waals surface area contributed by atoms with E-state index in [0.717, 1.165) is 37.3 Å². The van der Waals surface area contributed by atoms with Crippen molar-refractivity contribution in [1.29, 1.82) is 0 Å². The Labute approximate surface area is 141 Å². The molecule has 3 rings (SSSR count). The van der Waals surface area contributed by atoms with Crippen LogP contribution in [0.2, 0.25) is 0 Å². The molecule has 0 saturated carbocycles. The monoisotopic (exact) mass is 328 g/mol. The Kier molecular flexibility index (Phi) is 4.19. The average molecular weight is 328 g/mol. The molecule has 0 atom stereocenters. The summed E-state index contributed by atoms with van der Waals surface area (Å²) in [7, 11) is 0. The highest BCUT2D eigenvalue weighted by molar-refractivity contribution is 5.93. The van der Waals surface area contributed by atoms with Crippen LogP contribution in [0.4, 0.5) is 11.4 Å². The van der Waals surface area contributed by atoms with E-state index in [1.54, 1.807) is 13.1 Å². The van der Waals surface area contributed by atoms with Crippen molar-refractivity contribution in [2.45, 2.75) is 25.3 Å². The summed E-state index contributed by atoms with van der Waals surface area (Å²) >= 11 is 0. The summed E-state index contributed by atoms with van der Waals surface area (Å²) in [5, 5.41) is 4.51. The summed E-state index contributed by atoms with van der Waals surface area (Å²) < 4.78 is 1.85. The SMILES string of the molecule is Cc1nn(C2(CN)CCN(c3ccc(N)cc3)CC2)cc1C(N)=O. The lowest BCUT2D eigenvalue weighted by Crippen LogP contribution is -2.50. The number of piperidine rings is 1. The van der Waals surface area contributed by atoms with Crippen LogP contribution in [0, 0.1) is 6.92 Å². The van der Waals surface area contributed by atoms with Gasteiger partial charge in [-0.1, -0.05) is 0 Å². The second-order valence-electron chi connectivity index (χ2n) is 6.44. The zero-order valence-corrected chi connectivity index (χ0v) is 13.9. The number of aryl methyl sites for hydroxylation is 1. The molecule has 1 aliphatic heterocycles. The smallest absolute Gasteiger partial charge is 0.252 e. The minimum absolute atomic E-state index is 0.275. The molecular weight excluding hydrogens is 304 g/mol.